The summed E-state index contributed by atoms with van der Waals surface area (Å²) in [4.78, 5) is 51.6. The van der Waals surface area contributed by atoms with Gasteiger partial charge in [0.1, 0.15) is 22.9 Å². The van der Waals surface area contributed by atoms with Gasteiger partial charge in [0.25, 0.3) is 21.6 Å². The van der Waals surface area contributed by atoms with Crippen LogP contribution >= 0.6 is 11.6 Å². The molecule has 9 rings (SSSR count). The van der Waals surface area contributed by atoms with Crippen LogP contribution in [0, 0.1) is 21.4 Å². The number of pyridine rings is 1. The molecule has 4 aliphatic rings. The van der Waals surface area contributed by atoms with Crippen LogP contribution in [0.3, 0.4) is 0 Å². The lowest BCUT2D eigenvalue weighted by Crippen LogP contribution is -2.47. The Kier molecular flexibility index (Phi) is 13.9. The molecule has 2 aromatic heterocycles. The number of aromatic amines is 1. The molecular formula is C50H57ClN8O9S. The van der Waals surface area contributed by atoms with Crippen molar-refractivity contribution in [1.82, 2.24) is 29.8 Å². The van der Waals surface area contributed by atoms with E-state index in [0.29, 0.717) is 56.1 Å². The van der Waals surface area contributed by atoms with E-state index < -0.39 is 37.5 Å². The number of likely N-dealkylation sites (tertiary alicyclic amines) is 1. The number of benzene rings is 3. The summed E-state index contributed by atoms with van der Waals surface area (Å²) in [5.74, 6) is -0.553. The molecule has 17 nitrogen and oxygen atoms in total. The molecule has 1 aliphatic carbocycles. The van der Waals surface area contributed by atoms with Gasteiger partial charge in [-0.3, -0.25) is 19.8 Å². The zero-order valence-corrected chi connectivity index (χ0v) is 40.5. The molecule has 0 unspecified atom stereocenters. The minimum atomic E-state index is -4.67. The zero-order valence-electron chi connectivity index (χ0n) is 39.0. The second-order valence-electron chi connectivity index (χ2n) is 19.3. The maximum Gasteiger partial charge on any atom is 0.407 e. The first kappa shape index (κ1) is 47.8. The standard InChI is InChI=1S/C50H57ClN8O9S/c1-50(2)14-10-35(43(27-50)33-4-6-36(51)7-5-33)30-57-18-20-58(21-19-57)38-8-9-41(46(24-38)68-39-23-34-11-15-52-47(34)53-28-39)48(60)55-69(64,65)40-25-44(59(62)63)42-22-32(31-67-45(42)26-40)29-56-16-12-37(13-17-56)54-49(61)66-3/h4-9,11,15,23-26,28,32,37H,10,12-14,16-22,27,29-31H2,1-3H3,(H,52,53)(H,54,61)(H,55,60)/t32-/m1/s1. The van der Waals surface area contributed by atoms with E-state index in [2.05, 4.69) is 60.7 Å². The van der Waals surface area contributed by atoms with E-state index in [-0.39, 0.29) is 41.0 Å². The molecule has 3 aromatic carbocycles. The predicted molar refractivity (Wildman–Crippen MR) is 263 cm³/mol. The summed E-state index contributed by atoms with van der Waals surface area (Å²) in [5.41, 5.74) is 5.56. The van der Waals surface area contributed by atoms with Crippen molar-refractivity contribution in [1.29, 1.82) is 0 Å². The summed E-state index contributed by atoms with van der Waals surface area (Å²) in [6.07, 6.45) is 7.73. The average Bonchev–Trinajstić information content (AvgIpc) is 3.81. The number of hydrogen-bond donors (Lipinski definition) is 3. The van der Waals surface area contributed by atoms with Gasteiger partial charge in [-0.2, -0.15) is 0 Å². The highest BCUT2D eigenvalue weighted by Gasteiger charge is 2.34. The van der Waals surface area contributed by atoms with E-state index in [9.17, 15) is 28.1 Å². The fraction of sp³-hybridized carbons (Fsp3) is 0.420. The molecule has 2 amide bonds. The molecule has 0 spiro atoms. The van der Waals surface area contributed by atoms with Gasteiger partial charge in [-0.1, -0.05) is 43.2 Å². The predicted octanol–water partition coefficient (Wildman–Crippen LogP) is 8.19. The Labute approximate surface area is 406 Å². The summed E-state index contributed by atoms with van der Waals surface area (Å²) < 4.78 is 47.3. The Morgan fingerprint density at radius 3 is 2.51 bits per heavy atom. The second kappa shape index (κ2) is 20.0. The summed E-state index contributed by atoms with van der Waals surface area (Å²) in [7, 11) is -3.34. The van der Waals surface area contributed by atoms with Crippen LogP contribution in [0.15, 0.2) is 89.6 Å². The van der Waals surface area contributed by atoms with Gasteiger partial charge in [0, 0.05) is 105 Å². The third kappa shape index (κ3) is 11.1. The molecule has 1 atom stereocenters. The maximum absolute atomic E-state index is 14.1. The van der Waals surface area contributed by atoms with Crippen LogP contribution in [-0.2, 0) is 21.2 Å². The number of H-pyrrole nitrogens is 1. The molecule has 3 N–H and O–H groups in total. The van der Waals surface area contributed by atoms with Gasteiger partial charge in [-0.15, -0.1) is 0 Å². The Morgan fingerprint density at radius 1 is 1.00 bits per heavy atom. The quantitative estimate of drug-likeness (QED) is 0.0754. The lowest BCUT2D eigenvalue weighted by Gasteiger charge is -2.39. The molecular weight excluding hydrogens is 924 g/mol. The summed E-state index contributed by atoms with van der Waals surface area (Å²) >= 11 is 6.25. The topological polar surface area (TPSA) is 202 Å². The minimum absolute atomic E-state index is 0.000808. The smallest absolute Gasteiger partial charge is 0.407 e. The molecule has 19 heteroatoms. The number of alkyl carbamates (subject to hydrolysis) is 1. The van der Waals surface area contributed by atoms with Crippen molar-refractivity contribution >= 4 is 61.6 Å². The monoisotopic (exact) mass is 980 g/mol. The van der Waals surface area contributed by atoms with Crippen LogP contribution in [0.1, 0.15) is 67.4 Å². The van der Waals surface area contributed by atoms with Crippen molar-refractivity contribution < 1.29 is 37.1 Å². The number of methoxy groups -OCH3 is 1. The highest BCUT2D eigenvalue weighted by molar-refractivity contribution is 7.90. The Bertz CT molecular complexity index is 2890. The van der Waals surface area contributed by atoms with Gasteiger partial charge in [0.2, 0.25) is 0 Å². The number of nitro benzene ring substituents is 1. The normalized spacial score (nSPS) is 19.1. The number of fused-ring (bicyclic) bond motifs is 2. The molecule has 0 radical (unpaired) electrons. The van der Waals surface area contributed by atoms with Gasteiger partial charge in [0.15, 0.2) is 0 Å². The first-order chi connectivity index (χ1) is 33.1. The highest BCUT2D eigenvalue weighted by atomic mass is 35.5. The van der Waals surface area contributed by atoms with E-state index in [1.165, 1.54) is 42.1 Å². The number of nitro groups is 1. The molecule has 2 saturated heterocycles. The lowest BCUT2D eigenvalue weighted by atomic mass is 9.72. The van der Waals surface area contributed by atoms with E-state index in [1.807, 2.05) is 18.2 Å². The number of nitrogens with zero attached hydrogens (tertiary/aromatic N) is 5. The summed E-state index contributed by atoms with van der Waals surface area (Å²) in [5, 5.41) is 16.8. The number of piperazine rings is 1. The zero-order chi connectivity index (χ0) is 48.5. The Hall–Kier alpha value is -6.21. The third-order valence-electron chi connectivity index (χ3n) is 13.8. The fourth-order valence-corrected chi connectivity index (χ4v) is 11.1. The number of sulfonamides is 1. The molecule has 0 bridgehead atoms. The van der Waals surface area contributed by atoms with Crippen LogP contribution in [0.2, 0.25) is 5.02 Å². The highest BCUT2D eigenvalue weighted by Crippen LogP contribution is 2.44. The summed E-state index contributed by atoms with van der Waals surface area (Å²) in [6.45, 7) is 10.8. The first-order valence-corrected chi connectivity index (χ1v) is 25.2. The lowest BCUT2D eigenvalue weighted by molar-refractivity contribution is -0.386. The number of piperidine rings is 1. The van der Waals surface area contributed by atoms with E-state index in [4.69, 9.17) is 25.8 Å². The van der Waals surface area contributed by atoms with Crippen molar-refractivity contribution in [2.45, 2.75) is 63.3 Å². The number of aromatic nitrogens is 2. The van der Waals surface area contributed by atoms with Crippen molar-refractivity contribution in [2.24, 2.45) is 11.3 Å². The number of halogens is 1. The maximum atomic E-state index is 14.1. The molecule has 5 heterocycles. The van der Waals surface area contributed by atoms with Crippen molar-refractivity contribution in [2.75, 3.05) is 71.0 Å². The number of rotatable bonds is 13. The third-order valence-corrected chi connectivity index (χ3v) is 15.4. The van der Waals surface area contributed by atoms with Gasteiger partial charge in [0.05, 0.1) is 40.9 Å². The molecule has 0 saturated carbocycles. The Balaban J connectivity index is 0.908. The van der Waals surface area contributed by atoms with E-state index >= 15 is 0 Å². The van der Waals surface area contributed by atoms with Crippen LogP contribution in [0.25, 0.3) is 16.6 Å². The van der Waals surface area contributed by atoms with Gasteiger partial charge >= 0.3 is 6.09 Å². The van der Waals surface area contributed by atoms with Crippen molar-refractivity contribution in [3.8, 4) is 17.2 Å². The van der Waals surface area contributed by atoms with Crippen LogP contribution < -0.4 is 24.4 Å². The minimum Gasteiger partial charge on any atom is -0.493 e. The molecule has 364 valence electrons. The largest absolute Gasteiger partial charge is 0.493 e. The number of hydrogen-bond acceptors (Lipinski definition) is 13. The van der Waals surface area contributed by atoms with E-state index in [1.54, 1.807) is 24.4 Å². The Morgan fingerprint density at radius 2 is 1.77 bits per heavy atom. The molecule has 5 aromatic rings. The van der Waals surface area contributed by atoms with E-state index in [0.717, 1.165) is 73.9 Å². The first-order valence-electron chi connectivity index (χ1n) is 23.4. The number of nitrogens with one attached hydrogen (secondary N) is 3. The van der Waals surface area contributed by atoms with Crippen LogP contribution in [-0.4, -0.2) is 117 Å². The molecule has 2 fully saturated rings. The van der Waals surface area contributed by atoms with Crippen LogP contribution in [0.5, 0.6) is 17.2 Å². The number of ether oxygens (including phenoxy) is 3. The number of anilines is 1. The van der Waals surface area contributed by atoms with Crippen molar-refractivity contribution in [3.63, 3.8) is 0 Å². The number of carbonyl (C=O) groups excluding carboxylic acids is 2. The second-order valence-corrected chi connectivity index (χ2v) is 21.4. The average molecular weight is 982 g/mol. The molecule has 69 heavy (non-hydrogen) atoms. The van der Waals surface area contributed by atoms with Gasteiger partial charge in [-0.25, -0.2) is 22.9 Å². The number of carbonyl (C=O) groups is 2. The van der Waals surface area contributed by atoms with Gasteiger partial charge < -0.3 is 34.3 Å². The van der Waals surface area contributed by atoms with Crippen molar-refractivity contribution in [3.05, 3.63) is 117 Å². The number of amides is 2. The SMILES string of the molecule is COC(=O)NC1CCN(C[C@@H]2COc3cc(S(=O)(=O)NC(=O)c4ccc(N5CCN(CC6=C(c7ccc(Cl)cc7)CC(C)(C)CC6)CC5)cc4Oc4cnc5[nH]ccc5c4)cc([N+](=O)[O-])c3C2)CC1. The summed E-state index contributed by atoms with van der Waals surface area (Å²) in [6, 6.07) is 19.0. The van der Waals surface area contributed by atoms with Crippen LogP contribution in [0.4, 0.5) is 16.2 Å². The molecule has 3 aliphatic heterocycles. The van der Waals surface area contributed by atoms with Gasteiger partial charge in [-0.05, 0) is 91.5 Å². The number of allylic oxidation sites excluding steroid dienone is 1. The fourth-order valence-electron chi connectivity index (χ4n) is 10.00.